The third-order valence-corrected chi connectivity index (χ3v) is 14.0. The maximum absolute atomic E-state index is 5.19. The minimum atomic E-state index is 0.849. The summed E-state index contributed by atoms with van der Waals surface area (Å²) in [6, 6.07) is 0. The Morgan fingerprint density at radius 1 is 0.145 bits per heavy atom. The fraction of sp³-hybridized carbons (Fsp3) is 0.933. The molecule has 0 unspecified atom stereocenters. The lowest BCUT2D eigenvalue weighted by atomic mass is 10.0. The Labute approximate surface area is 393 Å². The van der Waals surface area contributed by atoms with Crippen LogP contribution in [0, 0.1) is 0 Å². The Morgan fingerprint density at radius 2 is 0.226 bits per heavy atom. The molecule has 2 heteroatoms. The summed E-state index contributed by atoms with van der Waals surface area (Å²) in [5, 5.41) is 0. The Bertz CT molecular complexity index is 713. The molecule has 0 N–H and O–H groups in total. The number of ether oxygens (including phenoxy) is 2. The molecule has 0 amide bonds. The molecule has 0 rings (SSSR count). The third-order valence-electron chi connectivity index (χ3n) is 14.0. The predicted molar refractivity (Wildman–Crippen MR) is 282 cm³/mol. The molecule has 370 valence electrons. The fourth-order valence-electron chi connectivity index (χ4n) is 9.73. The zero-order valence-electron chi connectivity index (χ0n) is 43.0. The molecule has 0 spiro atoms. The van der Waals surface area contributed by atoms with Gasteiger partial charge in [0.05, 0.1) is 25.7 Å². The van der Waals surface area contributed by atoms with Gasteiger partial charge in [-0.15, -0.1) is 0 Å². The SMILES string of the molecule is C=COCCCCCCCCCCCCCCCCCCCCCCCCCCCCCCCCCCCCCCCCCCCCCCCCCCCCCCCCOC=C. The Hall–Kier alpha value is -0.920. The summed E-state index contributed by atoms with van der Waals surface area (Å²) in [6.45, 7) is 8.89. The van der Waals surface area contributed by atoms with Crippen molar-refractivity contribution in [2.75, 3.05) is 13.2 Å². The van der Waals surface area contributed by atoms with E-state index in [9.17, 15) is 0 Å². The van der Waals surface area contributed by atoms with Crippen LogP contribution in [0.2, 0.25) is 0 Å². The van der Waals surface area contributed by atoms with E-state index in [-0.39, 0.29) is 0 Å². The summed E-state index contributed by atoms with van der Waals surface area (Å²) >= 11 is 0. The molecule has 0 bridgehead atoms. The van der Waals surface area contributed by atoms with Crippen LogP contribution in [0.15, 0.2) is 25.7 Å². The molecule has 0 fully saturated rings. The molecule has 0 aliphatic heterocycles. The summed E-state index contributed by atoms with van der Waals surface area (Å²) < 4.78 is 10.4. The van der Waals surface area contributed by atoms with Crippen LogP contribution in [0.5, 0.6) is 0 Å². The van der Waals surface area contributed by atoms with Crippen molar-refractivity contribution < 1.29 is 9.47 Å². The third kappa shape index (κ3) is 59.1. The van der Waals surface area contributed by atoms with Gasteiger partial charge in [0, 0.05) is 0 Å². The molecule has 0 aromatic carbocycles. The molecule has 0 aromatic rings. The van der Waals surface area contributed by atoms with Crippen molar-refractivity contribution >= 4 is 0 Å². The maximum Gasteiger partial charge on any atom is 0.0873 e. The van der Waals surface area contributed by atoms with E-state index in [4.69, 9.17) is 9.47 Å². The van der Waals surface area contributed by atoms with Crippen LogP contribution in [0.4, 0.5) is 0 Å². The quantitative estimate of drug-likeness (QED) is 0.0448. The van der Waals surface area contributed by atoms with E-state index < -0.39 is 0 Å². The first-order chi connectivity index (χ1) is 30.9. The van der Waals surface area contributed by atoms with Crippen molar-refractivity contribution in [3.8, 4) is 0 Å². The van der Waals surface area contributed by atoms with E-state index in [1.165, 1.54) is 347 Å². The van der Waals surface area contributed by atoms with Crippen LogP contribution in [0.25, 0.3) is 0 Å². The second-order valence-corrected chi connectivity index (χ2v) is 20.2. The van der Waals surface area contributed by atoms with Gasteiger partial charge in [-0.25, -0.2) is 0 Å². The summed E-state index contributed by atoms with van der Waals surface area (Å²) in [6.07, 6.45) is 81.7. The van der Waals surface area contributed by atoms with Crippen LogP contribution in [-0.4, -0.2) is 13.2 Å². The van der Waals surface area contributed by atoms with Gasteiger partial charge >= 0.3 is 0 Å². The molecule has 0 heterocycles. The molecular formula is C60H118O2. The number of hydrogen-bond donors (Lipinski definition) is 0. The molecule has 0 aromatic heterocycles. The second kappa shape index (κ2) is 60.1. The highest BCUT2D eigenvalue weighted by Crippen LogP contribution is 2.19. The van der Waals surface area contributed by atoms with Gasteiger partial charge in [-0.3, -0.25) is 0 Å². The van der Waals surface area contributed by atoms with Crippen LogP contribution < -0.4 is 0 Å². The molecule has 62 heavy (non-hydrogen) atoms. The van der Waals surface area contributed by atoms with Gasteiger partial charge in [-0.2, -0.15) is 0 Å². The monoisotopic (exact) mass is 871 g/mol. The molecular weight excluding hydrogens is 753 g/mol. The minimum Gasteiger partial charge on any atom is -0.502 e. The zero-order chi connectivity index (χ0) is 44.4. The molecule has 0 aliphatic carbocycles. The molecule has 0 atom stereocenters. The Kier molecular flexibility index (Phi) is 59.2. The first-order valence-electron chi connectivity index (χ1n) is 29.4. The highest BCUT2D eigenvalue weighted by Gasteiger charge is 2.00. The van der Waals surface area contributed by atoms with Gasteiger partial charge in [0.1, 0.15) is 0 Å². The van der Waals surface area contributed by atoms with Gasteiger partial charge in [0.15, 0.2) is 0 Å². The van der Waals surface area contributed by atoms with E-state index in [1.807, 2.05) is 0 Å². The van der Waals surface area contributed by atoms with Crippen LogP contribution in [0.1, 0.15) is 347 Å². The van der Waals surface area contributed by atoms with Crippen molar-refractivity contribution in [2.24, 2.45) is 0 Å². The lowest BCUT2D eigenvalue weighted by molar-refractivity contribution is 0.241. The highest BCUT2D eigenvalue weighted by atomic mass is 16.5. The van der Waals surface area contributed by atoms with Gasteiger partial charge in [0.25, 0.3) is 0 Å². The molecule has 2 nitrogen and oxygen atoms in total. The van der Waals surface area contributed by atoms with Gasteiger partial charge < -0.3 is 9.47 Å². The van der Waals surface area contributed by atoms with Gasteiger partial charge in [-0.1, -0.05) is 347 Å². The summed E-state index contributed by atoms with van der Waals surface area (Å²) in [5.74, 6) is 0. The van der Waals surface area contributed by atoms with Crippen molar-refractivity contribution in [1.82, 2.24) is 0 Å². The average Bonchev–Trinajstić information content (AvgIpc) is 3.28. The fourth-order valence-corrected chi connectivity index (χ4v) is 9.73. The number of rotatable bonds is 59. The van der Waals surface area contributed by atoms with Crippen molar-refractivity contribution in [3.05, 3.63) is 25.7 Å². The first kappa shape index (κ1) is 61.1. The zero-order valence-corrected chi connectivity index (χ0v) is 43.0. The van der Waals surface area contributed by atoms with Crippen LogP contribution in [-0.2, 0) is 9.47 Å². The normalized spacial score (nSPS) is 11.4. The highest BCUT2D eigenvalue weighted by molar-refractivity contribution is 4.56. The number of hydrogen-bond acceptors (Lipinski definition) is 2. The lowest BCUT2D eigenvalue weighted by Gasteiger charge is -2.05. The van der Waals surface area contributed by atoms with E-state index in [2.05, 4.69) is 13.2 Å². The number of unbranched alkanes of at least 4 members (excludes halogenated alkanes) is 53. The van der Waals surface area contributed by atoms with Crippen molar-refractivity contribution in [3.63, 3.8) is 0 Å². The molecule has 0 saturated heterocycles. The van der Waals surface area contributed by atoms with Crippen LogP contribution in [0.3, 0.4) is 0 Å². The van der Waals surface area contributed by atoms with E-state index in [0.29, 0.717) is 0 Å². The predicted octanol–water partition coefficient (Wildman–Crippen LogP) is 22.4. The summed E-state index contributed by atoms with van der Waals surface area (Å²) in [5.41, 5.74) is 0. The largest absolute Gasteiger partial charge is 0.502 e. The maximum atomic E-state index is 5.19. The molecule has 0 aliphatic rings. The average molecular weight is 872 g/mol. The second-order valence-electron chi connectivity index (χ2n) is 20.2. The summed E-state index contributed by atoms with van der Waals surface area (Å²) in [4.78, 5) is 0. The van der Waals surface area contributed by atoms with Crippen LogP contribution >= 0.6 is 0 Å². The Balaban J connectivity index is 3.06. The van der Waals surface area contributed by atoms with Crippen molar-refractivity contribution in [2.45, 2.75) is 347 Å². The minimum absolute atomic E-state index is 0.849. The lowest BCUT2D eigenvalue weighted by Crippen LogP contribution is -1.87. The first-order valence-corrected chi connectivity index (χ1v) is 29.4. The van der Waals surface area contributed by atoms with Crippen molar-refractivity contribution in [1.29, 1.82) is 0 Å². The summed E-state index contributed by atoms with van der Waals surface area (Å²) in [7, 11) is 0. The van der Waals surface area contributed by atoms with E-state index >= 15 is 0 Å². The smallest absolute Gasteiger partial charge is 0.0873 e. The van der Waals surface area contributed by atoms with Gasteiger partial charge in [0.2, 0.25) is 0 Å². The molecule has 0 radical (unpaired) electrons. The molecule has 0 saturated carbocycles. The Morgan fingerprint density at radius 3 is 0.306 bits per heavy atom. The van der Waals surface area contributed by atoms with E-state index in [1.54, 1.807) is 12.5 Å². The standard InChI is InChI=1S/C60H118O2/c1-3-61-59-57-55-53-51-49-47-45-43-41-39-37-35-33-31-29-27-25-23-21-19-17-15-13-11-9-7-5-6-8-10-12-14-16-18-20-22-24-26-28-30-32-34-36-38-40-42-44-46-48-50-52-54-56-58-60-62-4-2/h3-4H,1-2,5-60H2. The van der Waals surface area contributed by atoms with Gasteiger partial charge in [-0.05, 0) is 12.8 Å². The van der Waals surface area contributed by atoms with E-state index in [0.717, 1.165) is 13.2 Å². The topological polar surface area (TPSA) is 18.5 Å².